The lowest BCUT2D eigenvalue weighted by Crippen LogP contribution is -2.09. The van der Waals surface area contributed by atoms with Crippen molar-refractivity contribution in [2.24, 2.45) is 0 Å². The number of carbonyl (C=O) groups excluding carboxylic acids is 1. The fourth-order valence-corrected chi connectivity index (χ4v) is 1.25. The van der Waals surface area contributed by atoms with E-state index in [-0.39, 0.29) is 12.4 Å². The van der Waals surface area contributed by atoms with Crippen molar-refractivity contribution in [1.82, 2.24) is 0 Å². The van der Waals surface area contributed by atoms with Gasteiger partial charge in [-0.25, -0.2) is 13.6 Å². The zero-order valence-corrected chi connectivity index (χ0v) is 10.0. The molecule has 1 aromatic rings. The van der Waals surface area contributed by atoms with E-state index in [1.807, 2.05) is 0 Å². The van der Waals surface area contributed by atoms with Crippen LogP contribution in [0.5, 0.6) is 5.75 Å². The van der Waals surface area contributed by atoms with Crippen molar-refractivity contribution < 1.29 is 23.0 Å². The van der Waals surface area contributed by atoms with Gasteiger partial charge in [0.2, 0.25) is 0 Å². The maximum atomic E-state index is 13.3. The molecule has 0 fully saturated rings. The molecule has 1 rings (SSSR count). The Morgan fingerprint density at radius 1 is 1.38 bits per heavy atom. The van der Waals surface area contributed by atoms with E-state index < -0.39 is 23.2 Å². The van der Waals surface area contributed by atoms with Gasteiger partial charge in [-0.1, -0.05) is 15.9 Å². The molecule has 0 heterocycles. The van der Waals surface area contributed by atoms with Gasteiger partial charge in [0.15, 0.2) is 0 Å². The first kappa shape index (κ1) is 12.9. The number of methoxy groups -OCH3 is 1. The molecule has 6 heteroatoms. The lowest BCUT2D eigenvalue weighted by molar-refractivity contribution is 0.0589. The molecule has 88 valence electrons. The molecule has 0 atom stereocenters. The second-order valence-electron chi connectivity index (χ2n) is 2.79. The Labute approximate surface area is 99.5 Å². The first-order valence-electron chi connectivity index (χ1n) is 4.36. The highest BCUT2D eigenvalue weighted by Gasteiger charge is 2.19. The molecule has 0 N–H and O–H groups in total. The summed E-state index contributed by atoms with van der Waals surface area (Å²) < 4.78 is 35.9. The number of hydrogen-bond acceptors (Lipinski definition) is 3. The van der Waals surface area contributed by atoms with Gasteiger partial charge in [0.25, 0.3) is 0 Å². The van der Waals surface area contributed by atoms with Gasteiger partial charge in [-0.2, -0.15) is 0 Å². The summed E-state index contributed by atoms with van der Waals surface area (Å²) in [5.74, 6) is -3.03. The van der Waals surface area contributed by atoms with Crippen molar-refractivity contribution in [2.45, 2.75) is 0 Å². The van der Waals surface area contributed by atoms with Gasteiger partial charge in [-0.05, 0) is 0 Å². The number of halogens is 3. The van der Waals surface area contributed by atoms with Crippen LogP contribution in [0.2, 0.25) is 0 Å². The lowest BCUT2D eigenvalue weighted by Gasteiger charge is -2.07. The third kappa shape index (κ3) is 2.91. The number of ether oxygens (including phenoxy) is 2. The van der Waals surface area contributed by atoms with Gasteiger partial charge < -0.3 is 9.47 Å². The molecule has 0 radical (unpaired) electrons. The average Bonchev–Trinajstić information content (AvgIpc) is 2.25. The van der Waals surface area contributed by atoms with E-state index in [9.17, 15) is 13.6 Å². The molecule has 0 unspecified atom stereocenters. The summed E-state index contributed by atoms with van der Waals surface area (Å²) in [4.78, 5) is 11.0. The van der Waals surface area contributed by atoms with E-state index >= 15 is 0 Å². The van der Waals surface area contributed by atoms with Crippen molar-refractivity contribution in [1.29, 1.82) is 0 Å². The standard InChI is InChI=1S/C10H9BrF2O3/c1-15-10(14)9-7(12)4-6(5-8(9)13)16-3-2-11/h4-5H,2-3H2,1H3. The Morgan fingerprint density at radius 2 is 1.94 bits per heavy atom. The molecule has 16 heavy (non-hydrogen) atoms. The van der Waals surface area contributed by atoms with Crippen LogP contribution < -0.4 is 4.74 Å². The zero-order chi connectivity index (χ0) is 12.1. The molecule has 3 nitrogen and oxygen atoms in total. The summed E-state index contributed by atoms with van der Waals surface area (Å²) in [5.41, 5.74) is -0.714. The number of benzene rings is 1. The van der Waals surface area contributed by atoms with Crippen molar-refractivity contribution in [2.75, 3.05) is 19.0 Å². The van der Waals surface area contributed by atoms with Crippen LogP contribution in [0, 0.1) is 11.6 Å². The summed E-state index contributed by atoms with van der Waals surface area (Å²) in [6.45, 7) is 0.274. The van der Waals surface area contributed by atoms with E-state index in [1.165, 1.54) is 0 Å². The largest absolute Gasteiger partial charge is 0.493 e. The Hall–Kier alpha value is -1.17. The van der Waals surface area contributed by atoms with Gasteiger partial charge in [0.05, 0.1) is 13.7 Å². The number of rotatable bonds is 4. The normalized spacial score (nSPS) is 10.0. The van der Waals surface area contributed by atoms with E-state index in [0.29, 0.717) is 5.33 Å². The first-order chi connectivity index (χ1) is 7.60. The minimum atomic E-state index is -1.05. The second-order valence-corrected chi connectivity index (χ2v) is 3.58. The van der Waals surface area contributed by atoms with Gasteiger partial charge >= 0.3 is 5.97 Å². The number of hydrogen-bond donors (Lipinski definition) is 0. The Bertz CT molecular complexity index is 373. The summed E-state index contributed by atoms with van der Waals surface area (Å²) in [6, 6.07) is 1.88. The minimum absolute atomic E-state index is 0.0297. The molecule has 0 spiro atoms. The highest BCUT2D eigenvalue weighted by Crippen LogP contribution is 2.21. The SMILES string of the molecule is COC(=O)c1c(F)cc(OCCBr)cc1F. The predicted molar refractivity (Wildman–Crippen MR) is 57.0 cm³/mol. The van der Waals surface area contributed by atoms with E-state index in [1.54, 1.807) is 0 Å². The first-order valence-corrected chi connectivity index (χ1v) is 5.48. The molecule has 0 aliphatic carbocycles. The van der Waals surface area contributed by atoms with Crippen molar-refractivity contribution in [3.63, 3.8) is 0 Å². The molecule has 0 aliphatic rings. The van der Waals surface area contributed by atoms with Crippen molar-refractivity contribution in [3.05, 3.63) is 29.3 Å². The van der Waals surface area contributed by atoms with Crippen LogP contribution >= 0.6 is 15.9 Å². The highest BCUT2D eigenvalue weighted by molar-refractivity contribution is 9.09. The molecular weight excluding hydrogens is 286 g/mol. The van der Waals surface area contributed by atoms with Gasteiger partial charge in [0, 0.05) is 17.5 Å². The highest BCUT2D eigenvalue weighted by atomic mass is 79.9. The van der Waals surface area contributed by atoms with Crippen LogP contribution in [-0.2, 0) is 4.74 Å². The Balaban J connectivity index is 3.02. The van der Waals surface area contributed by atoms with E-state index in [2.05, 4.69) is 20.7 Å². The molecule has 0 saturated carbocycles. The van der Waals surface area contributed by atoms with Gasteiger partial charge in [-0.15, -0.1) is 0 Å². The summed E-state index contributed by atoms with van der Waals surface area (Å²) >= 11 is 3.11. The van der Waals surface area contributed by atoms with Gasteiger partial charge in [0.1, 0.15) is 22.9 Å². The number of carbonyl (C=O) groups is 1. The quantitative estimate of drug-likeness (QED) is 0.632. The van der Waals surface area contributed by atoms with Crippen LogP contribution in [0.15, 0.2) is 12.1 Å². The van der Waals surface area contributed by atoms with E-state index in [4.69, 9.17) is 4.74 Å². The molecule has 1 aromatic carbocycles. The van der Waals surface area contributed by atoms with E-state index in [0.717, 1.165) is 19.2 Å². The maximum absolute atomic E-state index is 13.3. The van der Waals surface area contributed by atoms with Crippen LogP contribution in [0.25, 0.3) is 0 Å². The topological polar surface area (TPSA) is 35.5 Å². The van der Waals surface area contributed by atoms with Gasteiger partial charge in [-0.3, -0.25) is 0 Å². The molecular formula is C10H9BrF2O3. The molecule has 0 aliphatic heterocycles. The van der Waals surface area contributed by atoms with Crippen LogP contribution in [0.1, 0.15) is 10.4 Å². The molecule has 0 amide bonds. The third-order valence-corrected chi connectivity index (χ3v) is 2.07. The van der Waals surface area contributed by atoms with Crippen LogP contribution in [0.4, 0.5) is 8.78 Å². The molecule has 0 bridgehead atoms. The number of esters is 1. The lowest BCUT2D eigenvalue weighted by atomic mass is 10.2. The van der Waals surface area contributed by atoms with Crippen LogP contribution in [0.3, 0.4) is 0 Å². The Morgan fingerprint density at radius 3 is 2.38 bits per heavy atom. The van der Waals surface area contributed by atoms with Crippen LogP contribution in [-0.4, -0.2) is 25.0 Å². The summed E-state index contributed by atoms with van der Waals surface area (Å²) in [5, 5.41) is 0.537. The summed E-state index contributed by atoms with van der Waals surface area (Å²) in [7, 11) is 1.05. The summed E-state index contributed by atoms with van der Waals surface area (Å²) in [6.07, 6.45) is 0. The third-order valence-electron chi connectivity index (χ3n) is 1.75. The maximum Gasteiger partial charge on any atom is 0.343 e. The van der Waals surface area contributed by atoms with Crippen molar-refractivity contribution >= 4 is 21.9 Å². The minimum Gasteiger partial charge on any atom is -0.493 e. The fourth-order valence-electron chi connectivity index (χ4n) is 1.09. The number of alkyl halides is 1. The fraction of sp³-hybridized carbons (Fsp3) is 0.300. The second kappa shape index (κ2) is 5.79. The Kier molecular flexibility index (Phi) is 4.67. The average molecular weight is 295 g/mol. The predicted octanol–water partition coefficient (Wildman–Crippen LogP) is 2.53. The molecule has 0 saturated heterocycles. The zero-order valence-electron chi connectivity index (χ0n) is 8.43. The van der Waals surface area contributed by atoms with Crippen molar-refractivity contribution in [3.8, 4) is 5.75 Å². The molecule has 0 aromatic heterocycles. The smallest absolute Gasteiger partial charge is 0.343 e. The monoisotopic (exact) mass is 294 g/mol.